The standard InChI is InChI=1S/C54H34N2OS/c1-3-14-35(15-4-1)37-26-28-39(29-27-37)55(49-33-38(36-16-5-2-6-17-36)32-45-43-20-9-12-25-52(43)58-54(45)49)40-30-31-44-51(34-40)57-50-24-13-23-48(53(44)50)56-46-21-10-7-18-41(46)42-19-8-11-22-47(42)56/h1-34H. The van der Waals surface area contributed by atoms with E-state index in [1.807, 2.05) is 11.3 Å². The van der Waals surface area contributed by atoms with Gasteiger partial charge in [-0.3, -0.25) is 0 Å². The van der Waals surface area contributed by atoms with Gasteiger partial charge in [-0.1, -0.05) is 133 Å². The smallest absolute Gasteiger partial charge is 0.137 e. The molecule has 0 radical (unpaired) electrons. The molecule has 12 rings (SSSR count). The zero-order valence-electron chi connectivity index (χ0n) is 31.3. The number of nitrogens with zero attached hydrogens (tertiary/aromatic N) is 2. The van der Waals surface area contributed by atoms with Gasteiger partial charge in [0.1, 0.15) is 11.2 Å². The second-order valence-electron chi connectivity index (χ2n) is 14.9. The van der Waals surface area contributed by atoms with Crippen molar-refractivity contribution in [2.24, 2.45) is 0 Å². The van der Waals surface area contributed by atoms with Crippen LogP contribution in [0.5, 0.6) is 0 Å². The summed E-state index contributed by atoms with van der Waals surface area (Å²) in [5, 5.41) is 7.19. The predicted molar refractivity (Wildman–Crippen MR) is 247 cm³/mol. The van der Waals surface area contributed by atoms with E-state index in [9.17, 15) is 0 Å². The van der Waals surface area contributed by atoms with Crippen LogP contribution in [0.1, 0.15) is 0 Å². The maximum atomic E-state index is 6.85. The van der Waals surface area contributed by atoms with Gasteiger partial charge in [0.05, 0.1) is 32.5 Å². The Hall–Kier alpha value is -7.40. The number of benzene rings is 9. The van der Waals surface area contributed by atoms with Gasteiger partial charge in [-0.05, 0) is 89.0 Å². The number of thiophene rings is 1. The molecule has 0 amide bonds. The third-order valence-electron chi connectivity index (χ3n) is 11.6. The Morgan fingerprint density at radius 3 is 1.72 bits per heavy atom. The summed E-state index contributed by atoms with van der Waals surface area (Å²) in [5.41, 5.74) is 13.2. The van der Waals surface area contributed by atoms with Crippen molar-refractivity contribution in [3.63, 3.8) is 0 Å². The number of furan rings is 1. The molecule has 272 valence electrons. The van der Waals surface area contributed by atoms with Crippen molar-refractivity contribution in [1.29, 1.82) is 0 Å². The molecule has 58 heavy (non-hydrogen) atoms. The highest BCUT2D eigenvalue weighted by atomic mass is 32.1. The van der Waals surface area contributed by atoms with Crippen LogP contribution < -0.4 is 4.90 Å². The predicted octanol–water partition coefficient (Wildman–Crippen LogP) is 15.9. The van der Waals surface area contributed by atoms with Crippen molar-refractivity contribution in [2.75, 3.05) is 4.90 Å². The summed E-state index contributed by atoms with van der Waals surface area (Å²) in [6.07, 6.45) is 0. The summed E-state index contributed by atoms with van der Waals surface area (Å²) in [5.74, 6) is 0. The lowest BCUT2D eigenvalue weighted by atomic mass is 10.00. The molecule has 0 saturated heterocycles. The SMILES string of the molecule is c1ccc(-c2ccc(N(c3ccc4c(c3)oc3cccc(-n5c6ccccc6c6ccccc65)c34)c3cc(-c4ccccc4)cc4c3sc3ccccc34)cc2)cc1. The Balaban J connectivity index is 1.10. The van der Waals surface area contributed by atoms with Crippen LogP contribution in [0.25, 0.3) is 91.9 Å². The van der Waals surface area contributed by atoms with E-state index in [4.69, 9.17) is 4.42 Å². The molecule has 0 bridgehead atoms. The summed E-state index contributed by atoms with van der Waals surface area (Å²) in [4.78, 5) is 2.42. The van der Waals surface area contributed by atoms with Crippen molar-refractivity contribution in [3.05, 3.63) is 206 Å². The molecular weight excluding hydrogens is 725 g/mol. The monoisotopic (exact) mass is 758 g/mol. The van der Waals surface area contributed by atoms with Gasteiger partial charge in [0.15, 0.2) is 0 Å². The second-order valence-corrected chi connectivity index (χ2v) is 15.9. The highest BCUT2D eigenvalue weighted by molar-refractivity contribution is 7.26. The van der Waals surface area contributed by atoms with Crippen molar-refractivity contribution >= 4 is 92.3 Å². The maximum absolute atomic E-state index is 6.85. The van der Waals surface area contributed by atoms with E-state index in [0.29, 0.717) is 0 Å². The molecule has 0 saturated carbocycles. The van der Waals surface area contributed by atoms with Gasteiger partial charge in [0, 0.05) is 49.1 Å². The molecule has 9 aromatic carbocycles. The Bertz CT molecular complexity index is 3450. The summed E-state index contributed by atoms with van der Waals surface area (Å²) in [6.45, 7) is 0. The van der Waals surface area contributed by atoms with E-state index in [1.54, 1.807) is 0 Å². The fraction of sp³-hybridized carbons (Fsp3) is 0. The van der Waals surface area contributed by atoms with E-state index in [1.165, 1.54) is 64.2 Å². The first kappa shape index (κ1) is 32.8. The topological polar surface area (TPSA) is 21.3 Å². The molecule has 4 heteroatoms. The van der Waals surface area contributed by atoms with Gasteiger partial charge in [-0.25, -0.2) is 0 Å². The summed E-state index contributed by atoms with van der Waals surface area (Å²) in [7, 11) is 0. The normalized spacial score (nSPS) is 11.8. The second kappa shape index (κ2) is 13.1. The van der Waals surface area contributed by atoms with Crippen LogP contribution >= 0.6 is 11.3 Å². The maximum Gasteiger partial charge on any atom is 0.137 e. The zero-order chi connectivity index (χ0) is 38.2. The molecular formula is C54H34N2OS. The molecule has 0 unspecified atom stereocenters. The van der Waals surface area contributed by atoms with Crippen molar-refractivity contribution in [2.45, 2.75) is 0 Å². The number of hydrogen-bond acceptors (Lipinski definition) is 3. The van der Waals surface area contributed by atoms with Gasteiger partial charge in [-0.2, -0.15) is 0 Å². The molecule has 3 aromatic heterocycles. The molecule has 3 nitrogen and oxygen atoms in total. The first-order valence-corrected chi connectivity index (χ1v) is 20.5. The molecule has 0 aliphatic heterocycles. The van der Waals surface area contributed by atoms with Crippen molar-refractivity contribution in [1.82, 2.24) is 4.57 Å². The van der Waals surface area contributed by atoms with Gasteiger partial charge < -0.3 is 13.9 Å². The van der Waals surface area contributed by atoms with Crippen molar-refractivity contribution in [3.8, 4) is 27.9 Å². The fourth-order valence-electron chi connectivity index (χ4n) is 8.94. The highest BCUT2D eigenvalue weighted by Gasteiger charge is 2.23. The van der Waals surface area contributed by atoms with Crippen LogP contribution in [0, 0.1) is 0 Å². The van der Waals surface area contributed by atoms with Crippen LogP contribution in [0.15, 0.2) is 211 Å². The summed E-state index contributed by atoms with van der Waals surface area (Å²) >= 11 is 1.85. The highest BCUT2D eigenvalue weighted by Crippen LogP contribution is 2.48. The lowest BCUT2D eigenvalue weighted by molar-refractivity contribution is 0.669. The van der Waals surface area contributed by atoms with E-state index in [2.05, 4.69) is 216 Å². The lowest BCUT2D eigenvalue weighted by Crippen LogP contribution is -2.10. The Kier molecular flexibility index (Phi) is 7.40. The Morgan fingerprint density at radius 2 is 1.00 bits per heavy atom. The van der Waals surface area contributed by atoms with Gasteiger partial charge in [0.25, 0.3) is 0 Å². The number of anilines is 3. The minimum Gasteiger partial charge on any atom is -0.456 e. The molecule has 3 heterocycles. The first-order valence-electron chi connectivity index (χ1n) is 19.7. The van der Waals surface area contributed by atoms with E-state index >= 15 is 0 Å². The van der Waals surface area contributed by atoms with Gasteiger partial charge in [0.2, 0.25) is 0 Å². The van der Waals surface area contributed by atoms with Gasteiger partial charge in [-0.15, -0.1) is 11.3 Å². The Morgan fingerprint density at radius 1 is 0.397 bits per heavy atom. The van der Waals surface area contributed by atoms with Crippen LogP contribution in [-0.4, -0.2) is 4.57 Å². The van der Waals surface area contributed by atoms with Crippen molar-refractivity contribution < 1.29 is 4.42 Å². The molecule has 0 spiro atoms. The number of para-hydroxylation sites is 2. The summed E-state index contributed by atoms with van der Waals surface area (Å²) in [6, 6.07) is 74.3. The lowest BCUT2D eigenvalue weighted by Gasteiger charge is -2.27. The Labute approximate surface area is 338 Å². The largest absolute Gasteiger partial charge is 0.456 e. The number of hydrogen-bond donors (Lipinski definition) is 0. The van der Waals surface area contributed by atoms with E-state index in [0.717, 1.165) is 44.7 Å². The minimum absolute atomic E-state index is 0.846. The molecule has 12 aromatic rings. The van der Waals surface area contributed by atoms with E-state index in [-0.39, 0.29) is 0 Å². The number of aromatic nitrogens is 1. The molecule has 0 atom stereocenters. The number of fused-ring (bicyclic) bond motifs is 9. The molecule has 0 fully saturated rings. The van der Waals surface area contributed by atoms with Crippen LogP contribution in [0.4, 0.5) is 17.1 Å². The van der Waals surface area contributed by atoms with Gasteiger partial charge >= 0.3 is 0 Å². The zero-order valence-corrected chi connectivity index (χ0v) is 32.2. The average molecular weight is 759 g/mol. The van der Waals surface area contributed by atoms with E-state index < -0.39 is 0 Å². The van der Waals surface area contributed by atoms with Crippen LogP contribution in [-0.2, 0) is 0 Å². The molecule has 0 aliphatic rings. The van der Waals surface area contributed by atoms with Crippen LogP contribution in [0.3, 0.4) is 0 Å². The fourth-order valence-corrected chi connectivity index (χ4v) is 10.1. The molecule has 0 N–H and O–H groups in total. The summed E-state index contributed by atoms with van der Waals surface area (Å²) < 4.78 is 11.8. The quantitative estimate of drug-likeness (QED) is 0.168. The third-order valence-corrected chi connectivity index (χ3v) is 12.8. The van der Waals surface area contributed by atoms with Crippen LogP contribution in [0.2, 0.25) is 0 Å². The first-order chi connectivity index (χ1) is 28.8. The molecule has 0 aliphatic carbocycles. The number of rotatable bonds is 6. The third kappa shape index (κ3) is 5.12. The minimum atomic E-state index is 0.846. The average Bonchev–Trinajstić information content (AvgIpc) is 3.97.